The number of esters is 1. The van der Waals surface area contributed by atoms with Crippen LogP contribution in [0.15, 0.2) is 47.3 Å². The second kappa shape index (κ2) is 7.09. The molecule has 0 atom stereocenters. The summed E-state index contributed by atoms with van der Waals surface area (Å²) in [5, 5.41) is 6.71. The van der Waals surface area contributed by atoms with E-state index in [4.69, 9.17) is 16.3 Å². The third kappa shape index (κ3) is 3.56. The van der Waals surface area contributed by atoms with Crippen LogP contribution in [-0.4, -0.2) is 20.7 Å². The largest absolute Gasteiger partial charge is 0.458 e. The number of benzene rings is 2. The number of fused-ring (bicyclic) bond motifs is 2. The van der Waals surface area contributed by atoms with Crippen molar-refractivity contribution in [3.05, 3.63) is 68.5 Å². The Morgan fingerprint density at radius 1 is 1.22 bits per heavy atom. The molecule has 0 aliphatic heterocycles. The summed E-state index contributed by atoms with van der Waals surface area (Å²) in [6.45, 7) is 0.0828. The molecular formula is C19H14ClN3O3S. The predicted molar refractivity (Wildman–Crippen MR) is 105 cm³/mol. The number of rotatable bonds is 4. The monoisotopic (exact) mass is 399 g/mol. The molecule has 2 heterocycles. The van der Waals surface area contributed by atoms with Crippen molar-refractivity contribution in [2.75, 3.05) is 0 Å². The van der Waals surface area contributed by atoms with Crippen LogP contribution >= 0.6 is 22.9 Å². The van der Waals surface area contributed by atoms with Gasteiger partial charge in [0, 0.05) is 17.5 Å². The number of carbonyl (C=O) groups is 1. The molecule has 2 aromatic carbocycles. The Kier molecular flexibility index (Phi) is 4.63. The van der Waals surface area contributed by atoms with Crippen molar-refractivity contribution in [2.45, 2.75) is 13.0 Å². The molecular weight excluding hydrogens is 386 g/mol. The van der Waals surface area contributed by atoms with Gasteiger partial charge in [-0.25, -0.2) is 9.67 Å². The Morgan fingerprint density at radius 2 is 2.00 bits per heavy atom. The molecule has 0 unspecified atom stereocenters. The van der Waals surface area contributed by atoms with E-state index < -0.39 is 5.97 Å². The number of carbonyl (C=O) groups excluding carboxylic acids is 1. The number of halogens is 1. The molecule has 27 heavy (non-hydrogen) atoms. The zero-order chi connectivity index (χ0) is 19.0. The molecule has 0 N–H and O–H groups in total. The maximum Gasteiger partial charge on any atom is 0.312 e. The number of hydrogen-bond donors (Lipinski definition) is 0. The van der Waals surface area contributed by atoms with E-state index in [-0.39, 0.29) is 18.6 Å². The minimum absolute atomic E-state index is 0.0225. The lowest BCUT2D eigenvalue weighted by atomic mass is 10.1. The van der Waals surface area contributed by atoms with E-state index in [1.54, 1.807) is 37.4 Å². The van der Waals surface area contributed by atoms with Crippen molar-refractivity contribution in [1.29, 1.82) is 0 Å². The molecule has 0 saturated carbocycles. The van der Waals surface area contributed by atoms with Gasteiger partial charge in [-0.2, -0.15) is 5.10 Å². The zero-order valence-electron chi connectivity index (χ0n) is 14.3. The van der Waals surface area contributed by atoms with Gasteiger partial charge >= 0.3 is 5.97 Å². The molecule has 0 bridgehead atoms. The lowest BCUT2D eigenvalue weighted by Gasteiger charge is -2.07. The van der Waals surface area contributed by atoms with Gasteiger partial charge in [0.1, 0.15) is 11.6 Å². The summed E-state index contributed by atoms with van der Waals surface area (Å²) in [6, 6.07) is 12.6. The van der Waals surface area contributed by atoms with Gasteiger partial charge in [-0.3, -0.25) is 9.59 Å². The van der Waals surface area contributed by atoms with Crippen LogP contribution in [0, 0.1) is 0 Å². The SMILES string of the molecule is Cn1nc(CC(=O)OCc2nc3cc(Cl)ccc3s2)c2ccccc2c1=O. The molecule has 0 fully saturated rings. The zero-order valence-corrected chi connectivity index (χ0v) is 15.9. The Bertz CT molecular complexity index is 1230. The summed E-state index contributed by atoms with van der Waals surface area (Å²) in [4.78, 5) is 28.9. The topological polar surface area (TPSA) is 74.1 Å². The van der Waals surface area contributed by atoms with E-state index in [0.29, 0.717) is 26.5 Å². The molecule has 6 nitrogen and oxygen atoms in total. The Balaban J connectivity index is 1.52. The minimum Gasteiger partial charge on any atom is -0.458 e. The first-order valence-corrected chi connectivity index (χ1v) is 9.36. The lowest BCUT2D eigenvalue weighted by molar-refractivity contribution is -0.144. The van der Waals surface area contributed by atoms with Crippen LogP contribution in [-0.2, 0) is 29.6 Å². The van der Waals surface area contributed by atoms with Crippen LogP contribution in [0.2, 0.25) is 5.02 Å². The number of thiazole rings is 1. The number of hydrogen-bond acceptors (Lipinski definition) is 6. The van der Waals surface area contributed by atoms with Gasteiger partial charge in [0.2, 0.25) is 0 Å². The van der Waals surface area contributed by atoms with Gasteiger partial charge < -0.3 is 4.74 Å². The van der Waals surface area contributed by atoms with Crippen LogP contribution in [0.3, 0.4) is 0 Å². The van der Waals surface area contributed by atoms with Gasteiger partial charge in [-0.05, 0) is 24.3 Å². The fraction of sp³-hybridized carbons (Fsp3) is 0.158. The van der Waals surface area contributed by atoms with Gasteiger partial charge in [0.25, 0.3) is 5.56 Å². The average Bonchev–Trinajstić information content (AvgIpc) is 3.06. The van der Waals surface area contributed by atoms with Crippen molar-refractivity contribution in [1.82, 2.24) is 14.8 Å². The summed E-state index contributed by atoms with van der Waals surface area (Å²) in [5.74, 6) is -0.427. The number of nitrogens with zero attached hydrogens (tertiary/aromatic N) is 3. The first kappa shape index (κ1) is 17.6. The normalized spacial score (nSPS) is 11.2. The molecule has 0 aliphatic carbocycles. The molecule has 0 aliphatic rings. The van der Waals surface area contributed by atoms with E-state index >= 15 is 0 Å². The highest BCUT2D eigenvalue weighted by atomic mass is 35.5. The van der Waals surface area contributed by atoms with E-state index in [9.17, 15) is 9.59 Å². The number of ether oxygens (including phenoxy) is 1. The fourth-order valence-electron chi connectivity index (χ4n) is 2.85. The van der Waals surface area contributed by atoms with Gasteiger partial charge in [0.05, 0.1) is 27.7 Å². The second-order valence-corrected chi connectivity index (χ2v) is 7.53. The maximum atomic E-state index is 12.3. The van der Waals surface area contributed by atoms with Crippen molar-refractivity contribution in [3.63, 3.8) is 0 Å². The summed E-state index contributed by atoms with van der Waals surface area (Å²) >= 11 is 7.42. The van der Waals surface area contributed by atoms with Crippen molar-refractivity contribution in [2.24, 2.45) is 7.05 Å². The molecule has 136 valence electrons. The maximum absolute atomic E-state index is 12.3. The Labute approximate surface area is 163 Å². The molecule has 0 saturated heterocycles. The van der Waals surface area contributed by atoms with Crippen LogP contribution in [0.25, 0.3) is 21.0 Å². The first-order chi connectivity index (χ1) is 13.0. The quantitative estimate of drug-likeness (QED) is 0.491. The summed E-state index contributed by atoms with van der Waals surface area (Å²) in [5.41, 5.74) is 1.09. The number of aryl methyl sites for hydroxylation is 1. The summed E-state index contributed by atoms with van der Waals surface area (Å²) in [7, 11) is 1.57. The van der Waals surface area contributed by atoms with E-state index in [0.717, 1.165) is 10.2 Å². The minimum atomic E-state index is -0.427. The van der Waals surface area contributed by atoms with E-state index in [1.165, 1.54) is 16.0 Å². The molecule has 2 aromatic heterocycles. The van der Waals surface area contributed by atoms with Crippen molar-refractivity contribution < 1.29 is 9.53 Å². The third-order valence-electron chi connectivity index (χ3n) is 4.10. The molecule has 0 radical (unpaired) electrons. The highest BCUT2D eigenvalue weighted by Gasteiger charge is 2.14. The first-order valence-electron chi connectivity index (χ1n) is 8.17. The third-order valence-corrected chi connectivity index (χ3v) is 5.34. The standard InChI is InChI=1S/C19H14ClN3O3S/c1-23-19(25)13-5-3-2-4-12(13)14(22-23)9-18(24)26-10-17-21-15-8-11(20)6-7-16(15)27-17/h2-8H,9-10H2,1H3. The molecule has 0 spiro atoms. The van der Waals surface area contributed by atoms with Crippen LogP contribution in [0.4, 0.5) is 0 Å². The molecule has 0 amide bonds. The highest BCUT2D eigenvalue weighted by Crippen LogP contribution is 2.25. The summed E-state index contributed by atoms with van der Waals surface area (Å²) < 4.78 is 7.58. The van der Waals surface area contributed by atoms with Crippen molar-refractivity contribution >= 4 is 49.9 Å². The molecule has 8 heteroatoms. The smallest absolute Gasteiger partial charge is 0.312 e. The molecule has 4 aromatic rings. The highest BCUT2D eigenvalue weighted by molar-refractivity contribution is 7.18. The average molecular weight is 400 g/mol. The summed E-state index contributed by atoms with van der Waals surface area (Å²) in [6.07, 6.45) is -0.0225. The number of aromatic nitrogens is 3. The lowest BCUT2D eigenvalue weighted by Crippen LogP contribution is -2.22. The van der Waals surface area contributed by atoms with Crippen LogP contribution in [0.1, 0.15) is 10.7 Å². The Hall–Kier alpha value is -2.77. The van der Waals surface area contributed by atoms with Gasteiger partial charge in [-0.1, -0.05) is 29.8 Å². The van der Waals surface area contributed by atoms with Gasteiger partial charge in [-0.15, -0.1) is 11.3 Å². The molecule has 4 rings (SSSR count). The van der Waals surface area contributed by atoms with Crippen LogP contribution < -0.4 is 5.56 Å². The predicted octanol–water partition coefficient (Wildman–Crippen LogP) is 3.48. The van der Waals surface area contributed by atoms with E-state index in [1.807, 2.05) is 12.1 Å². The van der Waals surface area contributed by atoms with Gasteiger partial charge in [0.15, 0.2) is 0 Å². The van der Waals surface area contributed by atoms with E-state index in [2.05, 4.69) is 10.1 Å². The second-order valence-electron chi connectivity index (χ2n) is 5.98. The Morgan fingerprint density at radius 3 is 2.81 bits per heavy atom. The van der Waals surface area contributed by atoms with Crippen LogP contribution in [0.5, 0.6) is 0 Å². The van der Waals surface area contributed by atoms with Crippen molar-refractivity contribution in [3.8, 4) is 0 Å². The fourth-order valence-corrected chi connectivity index (χ4v) is 3.87.